The van der Waals surface area contributed by atoms with Gasteiger partial charge in [0.25, 0.3) is 5.91 Å². The average molecular weight is 398 g/mol. The molecule has 1 saturated heterocycles. The lowest BCUT2D eigenvalue weighted by molar-refractivity contribution is 0.0624. The lowest BCUT2D eigenvalue weighted by atomic mass is 10.1. The first-order chi connectivity index (χ1) is 14.0. The van der Waals surface area contributed by atoms with Crippen LogP contribution in [-0.2, 0) is 6.54 Å². The minimum Gasteiger partial charge on any atom is -0.507 e. The fourth-order valence-electron chi connectivity index (χ4n) is 3.44. The van der Waals surface area contributed by atoms with Crippen LogP contribution >= 0.6 is 0 Å². The van der Waals surface area contributed by atoms with Gasteiger partial charge in [-0.25, -0.2) is 13.5 Å². The number of para-hydroxylation sites is 2. The number of nitrogens with zero attached hydrogens (tertiary/aromatic N) is 4. The predicted molar refractivity (Wildman–Crippen MR) is 103 cm³/mol. The smallest absolute Gasteiger partial charge is 0.257 e. The lowest BCUT2D eigenvalue weighted by Crippen LogP contribution is -2.48. The first kappa shape index (κ1) is 19.1. The summed E-state index contributed by atoms with van der Waals surface area (Å²) in [5, 5.41) is 14.2. The zero-order valence-corrected chi connectivity index (χ0v) is 15.6. The van der Waals surface area contributed by atoms with Crippen LogP contribution in [0, 0.1) is 11.6 Å². The maximum atomic E-state index is 13.9. The van der Waals surface area contributed by atoms with Gasteiger partial charge < -0.3 is 10.0 Å². The maximum Gasteiger partial charge on any atom is 0.257 e. The van der Waals surface area contributed by atoms with E-state index in [-0.39, 0.29) is 17.3 Å². The van der Waals surface area contributed by atoms with Crippen molar-refractivity contribution in [2.24, 2.45) is 0 Å². The van der Waals surface area contributed by atoms with E-state index in [0.29, 0.717) is 44.0 Å². The monoisotopic (exact) mass is 398 g/mol. The fraction of sp³-hybridized carbons (Fsp3) is 0.238. The third-order valence-electron chi connectivity index (χ3n) is 4.99. The van der Waals surface area contributed by atoms with Gasteiger partial charge in [-0.15, -0.1) is 0 Å². The lowest BCUT2D eigenvalue weighted by Gasteiger charge is -2.34. The summed E-state index contributed by atoms with van der Waals surface area (Å²) < 4.78 is 29.1. The molecule has 0 saturated carbocycles. The molecular weight excluding hydrogens is 378 g/mol. The fourth-order valence-corrected chi connectivity index (χ4v) is 3.44. The molecule has 2 heterocycles. The molecule has 4 rings (SSSR count). The van der Waals surface area contributed by atoms with Gasteiger partial charge in [-0.1, -0.05) is 18.2 Å². The quantitative estimate of drug-likeness (QED) is 0.734. The summed E-state index contributed by atoms with van der Waals surface area (Å²) in [5.41, 5.74) is 0.788. The van der Waals surface area contributed by atoms with E-state index in [0.717, 1.165) is 0 Å². The molecule has 0 unspecified atom stereocenters. The second-order valence-corrected chi connectivity index (χ2v) is 6.91. The Morgan fingerprint density at radius 1 is 0.966 bits per heavy atom. The van der Waals surface area contributed by atoms with E-state index in [1.807, 2.05) is 0 Å². The highest BCUT2D eigenvalue weighted by molar-refractivity contribution is 5.96. The predicted octanol–water partition coefficient (Wildman–Crippen LogP) is 2.81. The number of aromatic nitrogens is 2. The number of amides is 1. The number of hydrogen-bond donors (Lipinski definition) is 1. The number of phenols is 1. The van der Waals surface area contributed by atoms with Crippen molar-refractivity contribution in [3.63, 3.8) is 0 Å². The topological polar surface area (TPSA) is 61.6 Å². The Bertz CT molecular complexity index is 1010. The Morgan fingerprint density at radius 3 is 2.34 bits per heavy atom. The third kappa shape index (κ3) is 3.97. The van der Waals surface area contributed by atoms with Crippen molar-refractivity contribution in [2.45, 2.75) is 6.54 Å². The minimum absolute atomic E-state index is 0.0224. The van der Waals surface area contributed by atoms with Crippen LogP contribution in [0.1, 0.15) is 16.1 Å². The minimum atomic E-state index is -0.670. The standard InChI is InChI=1S/C21H20F2N4O2/c22-17-5-3-6-18(23)20(17)27-9-8-15(24-27)14-25-10-12-26(13-11-25)21(29)16-4-1-2-7-19(16)28/h1-9,28H,10-14H2. The Kier molecular flexibility index (Phi) is 5.26. The summed E-state index contributed by atoms with van der Waals surface area (Å²) in [4.78, 5) is 16.4. The molecule has 3 aromatic rings. The molecule has 0 bridgehead atoms. The van der Waals surface area contributed by atoms with Crippen LogP contribution in [0.2, 0.25) is 0 Å². The Hall–Kier alpha value is -3.26. The molecule has 8 heteroatoms. The van der Waals surface area contributed by atoms with Gasteiger partial charge in [0, 0.05) is 38.9 Å². The second-order valence-electron chi connectivity index (χ2n) is 6.91. The zero-order chi connectivity index (χ0) is 20.4. The van der Waals surface area contributed by atoms with Crippen molar-refractivity contribution in [3.05, 3.63) is 77.6 Å². The molecule has 150 valence electrons. The van der Waals surface area contributed by atoms with E-state index >= 15 is 0 Å². The molecule has 0 atom stereocenters. The van der Waals surface area contributed by atoms with Gasteiger partial charge in [0.05, 0.1) is 11.3 Å². The Labute approximate surface area is 166 Å². The van der Waals surface area contributed by atoms with Crippen molar-refractivity contribution in [1.82, 2.24) is 19.6 Å². The van der Waals surface area contributed by atoms with Gasteiger partial charge in [-0.3, -0.25) is 9.69 Å². The number of phenolic OH excluding ortho intramolecular Hbond substituents is 1. The number of piperazine rings is 1. The molecule has 0 radical (unpaired) electrons. The molecule has 1 aliphatic rings. The highest BCUT2D eigenvalue weighted by Gasteiger charge is 2.24. The number of hydrogen-bond acceptors (Lipinski definition) is 4. The van der Waals surface area contributed by atoms with Crippen LogP contribution in [0.4, 0.5) is 8.78 Å². The van der Waals surface area contributed by atoms with Gasteiger partial charge in [0.1, 0.15) is 11.4 Å². The number of aromatic hydroxyl groups is 1. The molecule has 29 heavy (non-hydrogen) atoms. The highest BCUT2D eigenvalue weighted by Crippen LogP contribution is 2.20. The Morgan fingerprint density at radius 2 is 1.66 bits per heavy atom. The van der Waals surface area contributed by atoms with Crippen molar-refractivity contribution in [3.8, 4) is 11.4 Å². The molecule has 6 nitrogen and oxygen atoms in total. The molecule has 1 amide bonds. The third-order valence-corrected chi connectivity index (χ3v) is 4.99. The molecule has 1 aliphatic heterocycles. The number of benzene rings is 2. The SMILES string of the molecule is O=C(c1ccccc1O)N1CCN(Cc2ccn(-c3c(F)cccc3F)n2)CC1. The van der Waals surface area contributed by atoms with Crippen molar-refractivity contribution < 1.29 is 18.7 Å². The first-order valence-electron chi connectivity index (χ1n) is 9.31. The average Bonchev–Trinajstić information content (AvgIpc) is 3.16. The van der Waals surface area contributed by atoms with Crippen LogP contribution in [0.3, 0.4) is 0 Å². The summed E-state index contributed by atoms with van der Waals surface area (Å²) in [7, 11) is 0. The van der Waals surface area contributed by atoms with Crippen molar-refractivity contribution in [1.29, 1.82) is 0 Å². The van der Waals surface area contributed by atoms with Crippen LogP contribution in [0.15, 0.2) is 54.7 Å². The van der Waals surface area contributed by atoms with Gasteiger partial charge in [-0.2, -0.15) is 5.10 Å². The van der Waals surface area contributed by atoms with E-state index in [4.69, 9.17) is 0 Å². The van der Waals surface area contributed by atoms with Gasteiger partial charge in [0.2, 0.25) is 0 Å². The zero-order valence-electron chi connectivity index (χ0n) is 15.6. The van der Waals surface area contributed by atoms with Gasteiger partial charge in [0.15, 0.2) is 11.6 Å². The van der Waals surface area contributed by atoms with Crippen LogP contribution < -0.4 is 0 Å². The molecular formula is C21H20F2N4O2. The van der Waals surface area contributed by atoms with Gasteiger partial charge >= 0.3 is 0 Å². The molecule has 2 aromatic carbocycles. The maximum absolute atomic E-state index is 13.9. The van der Waals surface area contributed by atoms with E-state index in [1.54, 1.807) is 29.2 Å². The number of carbonyl (C=O) groups is 1. The number of halogens is 2. The number of carbonyl (C=O) groups excluding carboxylic acids is 1. The van der Waals surface area contributed by atoms with Crippen molar-refractivity contribution in [2.75, 3.05) is 26.2 Å². The Balaban J connectivity index is 1.38. The summed E-state index contributed by atoms with van der Waals surface area (Å²) in [6.07, 6.45) is 1.54. The normalized spacial score (nSPS) is 14.9. The summed E-state index contributed by atoms with van der Waals surface area (Å²) in [6, 6.07) is 11.9. The van der Waals surface area contributed by atoms with Crippen LogP contribution in [0.5, 0.6) is 5.75 Å². The van der Waals surface area contributed by atoms with Crippen LogP contribution in [-0.4, -0.2) is 56.8 Å². The summed E-state index contributed by atoms with van der Waals surface area (Å²) in [5.74, 6) is -1.56. The van der Waals surface area contributed by atoms with Gasteiger partial charge in [-0.05, 0) is 30.3 Å². The van der Waals surface area contributed by atoms with E-state index < -0.39 is 11.6 Å². The highest BCUT2D eigenvalue weighted by atomic mass is 19.1. The summed E-state index contributed by atoms with van der Waals surface area (Å²) >= 11 is 0. The molecule has 0 spiro atoms. The second kappa shape index (κ2) is 8.00. The molecule has 1 aromatic heterocycles. The largest absolute Gasteiger partial charge is 0.507 e. The number of rotatable bonds is 4. The molecule has 1 N–H and O–H groups in total. The van der Waals surface area contributed by atoms with Crippen molar-refractivity contribution >= 4 is 5.91 Å². The summed E-state index contributed by atoms with van der Waals surface area (Å²) in [6.45, 7) is 2.84. The van der Waals surface area contributed by atoms with E-state index in [9.17, 15) is 18.7 Å². The first-order valence-corrected chi connectivity index (χ1v) is 9.31. The van der Waals surface area contributed by atoms with Crippen LogP contribution in [0.25, 0.3) is 5.69 Å². The van der Waals surface area contributed by atoms with E-state index in [1.165, 1.54) is 35.1 Å². The molecule has 0 aliphatic carbocycles. The molecule has 1 fully saturated rings. The van der Waals surface area contributed by atoms with E-state index in [2.05, 4.69) is 10.00 Å².